The number of fused-ring (bicyclic) bond motifs is 1. The van der Waals surface area contributed by atoms with Crippen LogP contribution in [0.2, 0.25) is 0 Å². The van der Waals surface area contributed by atoms with E-state index in [9.17, 15) is 0 Å². The topological polar surface area (TPSA) is 24.5 Å². The van der Waals surface area contributed by atoms with Gasteiger partial charge in [0.1, 0.15) is 0 Å². The molecule has 3 rings (SSSR count). The summed E-state index contributed by atoms with van der Waals surface area (Å²) in [5.41, 5.74) is 1.27. The number of nitrogens with one attached hydrogen (secondary N) is 1. The molecule has 0 aromatic heterocycles. The van der Waals surface area contributed by atoms with E-state index in [1.165, 1.54) is 18.5 Å². The van der Waals surface area contributed by atoms with Crippen LogP contribution in [0.25, 0.3) is 0 Å². The quantitative estimate of drug-likeness (QED) is 0.849. The lowest BCUT2D eigenvalue weighted by atomic mass is 10.1. The van der Waals surface area contributed by atoms with Crippen LogP contribution in [-0.4, -0.2) is 43.2 Å². The van der Waals surface area contributed by atoms with Crippen LogP contribution in [0.5, 0.6) is 0 Å². The predicted octanol–water partition coefficient (Wildman–Crippen LogP) is 1.25. The van der Waals surface area contributed by atoms with Crippen LogP contribution >= 0.6 is 0 Å². The van der Waals surface area contributed by atoms with Crippen molar-refractivity contribution >= 4 is 0 Å². The lowest BCUT2D eigenvalue weighted by Crippen LogP contribution is -2.47. The van der Waals surface area contributed by atoms with Crippen molar-refractivity contribution in [1.29, 1.82) is 0 Å². The van der Waals surface area contributed by atoms with Gasteiger partial charge in [0.2, 0.25) is 0 Å². The highest BCUT2D eigenvalue weighted by atomic mass is 16.5. The van der Waals surface area contributed by atoms with E-state index in [2.05, 4.69) is 34.5 Å². The van der Waals surface area contributed by atoms with Crippen LogP contribution in [-0.2, 0) is 11.3 Å². The summed E-state index contributed by atoms with van der Waals surface area (Å²) in [6.45, 7) is 5.29. The first-order chi connectivity index (χ1) is 8.42. The molecule has 0 amide bonds. The molecule has 0 spiro atoms. The lowest BCUT2D eigenvalue weighted by molar-refractivity contribution is 0.0469. The molecular formula is C14H20N2O. The second-order valence-electron chi connectivity index (χ2n) is 5.01. The third-order valence-corrected chi connectivity index (χ3v) is 3.77. The van der Waals surface area contributed by atoms with E-state index in [4.69, 9.17) is 4.74 Å². The summed E-state index contributed by atoms with van der Waals surface area (Å²) >= 11 is 0. The van der Waals surface area contributed by atoms with Crippen molar-refractivity contribution < 1.29 is 4.74 Å². The minimum Gasteiger partial charge on any atom is -0.372 e. The number of nitrogens with zero attached hydrogens (tertiary/aromatic N) is 1. The van der Waals surface area contributed by atoms with Crippen LogP contribution < -0.4 is 5.32 Å². The normalized spacial score (nSPS) is 29.2. The van der Waals surface area contributed by atoms with E-state index < -0.39 is 0 Å². The number of rotatable bonds is 3. The monoisotopic (exact) mass is 232 g/mol. The van der Waals surface area contributed by atoms with E-state index in [0.29, 0.717) is 12.1 Å². The minimum absolute atomic E-state index is 0.417. The van der Waals surface area contributed by atoms with Crippen LogP contribution in [0.4, 0.5) is 0 Å². The first kappa shape index (κ1) is 11.2. The third-order valence-electron chi connectivity index (χ3n) is 3.77. The molecule has 92 valence electrons. The summed E-state index contributed by atoms with van der Waals surface area (Å²) in [5.74, 6) is 0. The van der Waals surface area contributed by atoms with E-state index in [1.807, 2.05) is 6.07 Å². The standard InChI is InChI=1S/C14H20N2O/c1-2-4-12(5-3-1)11-17-14-8-13-9-15-6-7-16(13)10-14/h1-5,13-15H,6-11H2. The second kappa shape index (κ2) is 5.17. The molecule has 2 heterocycles. The first-order valence-corrected chi connectivity index (χ1v) is 6.52. The largest absolute Gasteiger partial charge is 0.372 e. The zero-order valence-electron chi connectivity index (χ0n) is 10.1. The van der Waals surface area contributed by atoms with Gasteiger partial charge in [-0.3, -0.25) is 4.90 Å². The maximum absolute atomic E-state index is 6.01. The van der Waals surface area contributed by atoms with Crippen LogP contribution in [0.15, 0.2) is 30.3 Å². The molecule has 17 heavy (non-hydrogen) atoms. The number of hydrogen-bond acceptors (Lipinski definition) is 3. The molecule has 0 bridgehead atoms. The maximum Gasteiger partial charge on any atom is 0.0722 e. The molecule has 3 nitrogen and oxygen atoms in total. The van der Waals surface area contributed by atoms with Gasteiger partial charge in [0, 0.05) is 32.2 Å². The fraction of sp³-hybridized carbons (Fsp3) is 0.571. The van der Waals surface area contributed by atoms with Gasteiger partial charge >= 0.3 is 0 Å². The lowest BCUT2D eigenvalue weighted by Gasteiger charge is -2.29. The molecule has 2 aliphatic rings. The molecule has 1 N–H and O–H groups in total. The Morgan fingerprint density at radius 3 is 3.00 bits per heavy atom. The predicted molar refractivity (Wildman–Crippen MR) is 67.9 cm³/mol. The number of hydrogen-bond donors (Lipinski definition) is 1. The average Bonchev–Trinajstić information content (AvgIpc) is 2.80. The number of benzene rings is 1. The smallest absolute Gasteiger partial charge is 0.0722 e. The second-order valence-corrected chi connectivity index (χ2v) is 5.01. The van der Waals surface area contributed by atoms with Gasteiger partial charge in [-0.2, -0.15) is 0 Å². The fourth-order valence-corrected chi connectivity index (χ4v) is 2.82. The molecule has 2 saturated heterocycles. The van der Waals surface area contributed by atoms with Crippen molar-refractivity contribution in [2.45, 2.75) is 25.2 Å². The average molecular weight is 232 g/mol. The Bertz CT molecular complexity index is 340. The van der Waals surface area contributed by atoms with Gasteiger partial charge in [0.25, 0.3) is 0 Å². The molecule has 0 radical (unpaired) electrons. The minimum atomic E-state index is 0.417. The Balaban J connectivity index is 1.50. The van der Waals surface area contributed by atoms with Gasteiger partial charge in [-0.25, -0.2) is 0 Å². The van der Waals surface area contributed by atoms with Gasteiger partial charge < -0.3 is 10.1 Å². The van der Waals surface area contributed by atoms with Crippen molar-refractivity contribution in [3.63, 3.8) is 0 Å². The maximum atomic E-state index is 6.01. The first-order valence-electron chi connectivity index (χ1n) is 6.52. The van der Waals surface area contributed by atoms with Crippen LogP contribution in [0.3, 0.4) is 0 Å². The molecule has 0 saturated carbocycles. The highest BCUT2D eigenvalue weighted by Gasteiger charge is 2.33. The SMILES string of the molecule is c1ccc(COC2CC3CNCCN3C2)cc1. The van der Waals surface area contributed by atoms with Crippen molar-refractivity contribution in [3.05, 3.63) is 35.9 Å². The van der Waals surface area contributed by atoms with E-state index in [1.54, 1.807) is 0 Å². The summed E-state index contributed by atoms with van der Waals surface area (Å²) in [5, 5.41) is 3.45. The number of piperazine rings is 1. The molecule has 2 unspecified atom stereocenters. The Labute approximate surface area is 103 Å². The van der Waals surface area contributed by atoms with Gasteiger partial charge in [0.05, 0.1) is 12.7 Å². The Morgan fingerprint density at radius 1 is 1.29 bits per heavy atom. The molecular weight excluding hydrogens is 212 g/mol. The van der Waals surface area contributed by atoms with Crippen molar-refractivity contribution in [2.24, 2.45) is 0 Å². The van der Waals surface area contributed by atoms with E-state index in [0.717, 1.165) is 26.2 Å². The molecule has 2 aliphatic heterocycles. The Kier molecular flexibility index (Phi) is 3.41. The number of ether oxygens (including phenoxy) is 1. The molecule has 0 aliphatic carbocycles. The van der Waals surface area contributed by atoms with Crippen molar-refractivity contribution in [2.75, 3.05) is 26.2 Å². The van der Waals surface area contributed by atoms with Gasteiger partial charge in [-0.15, -0.1) is 0 Å². The highest BCUT2D eigenvalue weighted by molar-refractivity contribution is 5.13. The van der Waals surface area contributed by atoms with Crippen LogP contribution in [0.1, 0.15) is 12.0 Å². The van der Waals surface area contributed by atoms with Crippen molar-refractivity contribution in [1.82, 2.24) is 10.2 Å². The molecule has 2 atom stereocenters. The zero-order chi connectivity index (χ0) is 11.5. The molecule has 1 aromatic carbocycles. The Morgan fingerprint density at radius 2 is 2.18 bits per heavy atom. The van der Waals surface area contributed by atoms with E-state index in [-0.39, 0.29) is 0 Å². The summed E-state index contributed by atoms with van der Waals surface area (Å²) in [7, 11) is 0. The summed E-state index contributed by atoms with van der Waals surface area (Å²) in [6.07, 6.45) is 1.60. The highest BCUT2D eigenvalue weighted by Crippen LogP contribution is 2.22. The fourth-order valence-electron chi connectivity index (χ4n) is 2.82. The summed E-state index contributed by atoms with van der Waals surface area (Å²) in [6, 6.07) is 11.1. The van der Waals surface area contributed by atoms with Crippen LogP contribution in [0, 0.1) is 0 Å². The van der Waals surface area contributed by atoms with Gasteiger partial charge in [0.15, 0.2) is 0 Å². The van der Waals surface area contributed by atoms with Crippen molar-refractivity contribution in [3.8, 4) is 0 Å². The molecule has 3 heteroatoms. The summed E-state index contributed by atoms with van der Waals surface area (Å²) in [4.78, 5) is 2.56. The van der Waals surface area contributed by atoms with E-state index >= 15 is 0 Å². The van der Waals surface area contributed by atoms with Gasteiger partial charge in [-0.1, -0.05) is 30.3 Å². The molecule has 1 aromatic rings. The van der Waals surface area contributed by atoms with Gasteiger partial charge in [-0.05, 0) is 12.0 Å². The summed E-state index contributed by atoms with van der Waals surface area (Å²) < 4.78 is 6.01. The molecule has 2 fully saturated rings. The third kappa shape index (κ3) is 2.68. The zero-order valence-corrected chi connectivity index (χ0v) is 10.1. The Hall–Kier alpha value is -0.900.